The molecule has 138 valence electrons. The van der Waals surface area contributed by atoms with Crippen molar-refractivity contribution in [1.29, 1.82) is 0 Å². The van der Waals surface area contributed by atoms with E-state index in [1.165, 1.54) is 5.56 Å². The minimum absolute atomic E-state index is 0.148. The molecule has 0 saturated carbocycles. The number of nitrogens with one attached hydrogen (secondary N) is 2. The minimum Gasteiger partial charge on any atom is -0.365 e. The lowest BCUT2D eigenvalue weighted by molar-refractivity contribution is 0.524. The van der Waals surface area contributed by atoms with Crippen LogP contribution in [-0.4, -0.2) is 39.1 Å². The number of piperidine rings is 1. The van der Waals surface area contributed by atoms with Gasteiger partial charge in [-0.2, -0.15) is 0 Å². The van der Waals surface area contributed by atoms with Crippen molar-refractivity contribution in [3.63, 3.8) is 0 Å². The second kappa shape index (κ2) is 7.99. The van der Waals surface area contributed by atoms with Gasteiger partial charge in [-0.3, -0.25) is 4.79 Å². The van der Waals surface area contributed by atoms with Crippen LogP contribution in [0.15, 0.2) is 59.8 Å². The quantitative estimate of drug-likeness (QED) is 0.724. The molecule has 7 nitrogen and oxygen atoms in total. The van der Waals surface area contributed by atoms with E-state index in [0.29, 0.717) is 12.2 Å². The zero-order chi connectivity index (χ0) is 18.5. The van der Waals surface area contributed by atoms with E-state index in [0.717, 1.165) is 37.6 Å². The summed E-state index contributed by atoms with van der Waals surface area (Å²) >= 11 is 0. The van der Waals surface area contributed by atoms with Crippen LogP contribution in [-0.2, 0) is 6.42 Å². The lowest BCUT2D eigenvalue weighted by atomic mass is 10.1. The fourth-order valence-electron chi connectivity index (χ4n) is 3.41. The summed E-state index contributed by atoms with van der Waals surface area (Å²) in [5.41, 5.74) is 1.04. The first-order valence-electron chi connectivity index (χ1n) is 9.19. The second-order valence-corrected chi connectivity index (χ2v) is 6.69. The number of aromatic nitrogens is 4. The van der Waals surface area contributed by atoms with Crippen molar-refractivity contribution in [2.45, 2.75) is 25.3 Å². The molecular formula is C20H22N6O. The van der Waals surface area contributed by atoms with Gasteiger partial charge in [0.05, 0.1) is 0 Å². The van der Waals surface area contributed by atoms with Crippen molar-refractivity contribution in [3.05, 3.63) is 76.7 Å². The van der Waals surface area contributed by atoms with Crippen molar-refractivity contribution in [2.75, 3.05) is 23.3 Å². The topological polar surface area (TPSA) is 86.8 Å². The highest BCUT2D eigenvalue weighted by Gasteiger charge is 2.22. The number of H-pyrrole nitrogens is 1. The summed E-state index contributed by atoms with van der Waals surface area (Å²) in [6.07, 6.45) is 7.69. The number of aromatic amines is 1. The van der Waals surface area contributed by atoms with Crippen LogP contribution in [0.4, 0.5) is 11.6 Å². The Morgan fingerprint density at radius 1 is 1.15 bits per heavy atom. The highest BCUT2D eigenvalue weighted by molar-refractivity contribution is 5.40. The summed E-state index contributed by atoms with van der Waals surface area (Å²) in [5.74, 6) is 2.09. The molecule has 0 unspecified atom stereocenters. The average molecular weight is 362 g/mol. The highest BCUT2D eigenvalue weighted by Crippen LogP contribution is 2.18. The maximum atomic E-state index is 12.0. The molecule has 1 aliphatic heterocycles. The van der Waals surface area contributed by atoms with Crippen LogP contribution in [0.5, 0.6) is 0 Å². The lowest BCUT2D eigenvalue weighted by Gasteiger charge is -2.33. The summed E-state index contributed by atoms with van der Waals surface area (Å²) in [5, 5.41) is 3.49. The van der Waals surface area contributed by atoms with E-state index in [4.69, 9.17) is 0 Å². The number of anilines is 2. The molecule has 1 atom stereocenters. The third-order valence-electron chi connectivity index (χ3n) is 4.67. The predicted molar refractivity (Wildman–Crippen MR) is 105 cm³/mol. The molecule has 0 bridgehead atoms. The maximum Gasteiger partial charge on any atom is 0.290 e. The van der Waals surface area contributed by atoms with Gasteiger partial charge in [0.1, 0.15) is 11.6 Å². The number of benzene rings is 1. The zero-order valence-corrected chi connectivity index (χ0v) is 15.0. The van der Waals surface area contributed by atoms with E-state index in [1.54, 1.807) is 18.6 Å². The van der Waals surface area contributed by atoms with Crippen molar-refractivity contribution < 1.29 is 0 Å². The van der Waals surface area contributed by atoms with Gasteiger partial charge in [-0.1, -0.05) is 30.3 Å². The summed E-state index contributed by atoms with van der Waals surface area (Å²) in [7, 11) is 0. The molecule has 0 aliphatic carbocycles. The molecular weight excluding hydrogens is 340 g/mol. The van der Waals surface area contributed by atoms with E-state index in [1.807, 2.05) is 29.2 Å². The van der Waals surface area contributed by atoms with Gasteiger partial charge in [0.2, 0.25) is 0 Å². The minimum atomic E-state index is -0.148. The summed E-state index contributed by atoms with van der Waals surface area (Å²) in [6.45, 7) is 1.55. The van der Waals surface area contributed by atoms with Crippen molar-refractivity contribution in [2.24, 2.45) is 0 Å². The van der Waals surface area contributed by atoms with Gasteiger partial charge in [-0.15, -0.1) is 0 Å². The number of nitrogens with zero attached hydrogens (tertiary/aromatic N) is 4. The molecule has 1 aliphatic rings. The molecule has 1 aromatic carbocycles. The Labute approximate surface area is 157 Å². The van der Waals surface area contributed by atoms with Crippen molar-refractivity contribution >= 4 is 11.6 Å². The van der Waals surface area contributed by atoms with Crippen LogP contribution < -0.4 is 15.8 Å². The maximum absolute atomic E-state index is 12.0. The molecule has 1 saturated heterocycles. The summed E-state index contributed by atoms with van der Waals surface area (Å²) < 4.78 is 0. The van der Waals surface area contributed by atoms with E-state index >= 15 is 0 Å². The molecule has 0 amide bonds. The average Bonchev–Trinajstić information content (AvgIpc) is 2.70. The number of rotatable bonds is 5. The first-order valence-corrected chi connectivity index (χ1v) is 9.19. The molecule has 2 N–H and O–H groups in total. The predicted octanol–water partition coefficient (Wildman–Crippen LogP) is 2.23. The van der Waals surface area contributed by atoms with Crippen molar-refractivity contribution in [1.82, 2.24) is 19.9 Å². The molecule has 1 fully saturated rings. The molecule has 0 spiro atoms. The van der Waals surface area contributed by atoms with Gasteiger partial charge in [-0.05, 0) is 24.5 Å². The lowest BCUT2D eigenvalue weighted by Crippen LogP contribution is -2.44. The molecule has 3 heterocycles. The molecule has 2 aromatic heterocycles. The molecule has 0 radical (unpaired) electrons. The summed E-state index contributed by atoms with van der Waals surface area (Å²) in [4.78, 5) is 30.0. The molecule has 7 heteroatoms. The fraction of sp³-hybridized carbons (Fsp3) is 0.300. The molecule has 4 rings (SSSR count). The van der Waals surface area contributed by atoms with Crippen molar-refractivity contribution in [3.8, 4) is 0 Å². The number of hydrogen-bond acceptors (Lipinski definition) is 6. The van der Waals surface area contributed by atoms with E-state index in [-0.39, 0.29) is 11.6 Å². The van der Waals surface area contributed by atoms with Crippen LogP contribution in [0.2, 0.25) is 0 Å². The van der Waals surface area contributed by atoms with Gasteiger partial charge in [0.15, 0.2) is 5.82 Å². The third-order valence-corrected chi connectivity index (χ3v) is 4.67. The van der Waals surface area contributed by atoms with E-state index in [9.17, 15) is 4.79 Å². The molecule has 27 heavy (non-hydrogen) atoms. The largest absolute Gasteiger partial charge is 0.365 e. The molecule has 3 aromatic rings. The Morgan fingerprint density at radius 3 is 2.89 bits per heavy atom. The van der Waals surface area contributed by atoms with Gasteiger partial charge >= 0.3 is 0 Å². The number of hydrogen-bond donors (Lipinski definition) is 2. The Hall–Kier alpha value is -3.22. The second-order valence-electron chi connectivity index (χ2n) is 6.69. The Balaban J connectivity index is 1.43. The normalized spacial score (nSPS) is 16.9. The van der Waals surface area contributed by atoms with E-state index < -0.39 is 0 Å². The summed E-state index contributed by atoms with van der Waals surface area (Å²) in [6, 6.07) is 12.3. The van der Waals surface area contributed by atoms with Gasteiger partial charge in [0, 0.05) is 44.1 Å². The highest BCUT2D eigenvalue weighted by atomic mass is 16.1. The van der Waals surface area contributed by atoms with E-state index in [2.05, 4.69) is 37.4 Å². The van der Waals surface area contributed by atoms with Crippen LogP contribution in [0.25, 0.3) is 0 Å². The van der Waals surface area contributed by atoms with Gasteiger partial charge in [-0.25, -0.2) is 15.0 Å². The zero-order valence-electron chi connectivity index (χ0n) is 15.0. The first kappa shape index (κ1) is 17.2. The standard InChI is InChI=1S/C20H22N6O/c27-20-19(22-10-11-23-20)26-12-4-7-16(14-26)24-17-8-9-21-18(25-17)13-15-5-2-1-3-6-15/h1-3,5-6,8-11,16H,4,7,12-14H2,(H,23,27)(H,21,24,25)/t16-/m1/s1. The monoisotopic (exact) mass is 362 g/mol. The van der Waals surface area contributed by atoms with Gasteiger partial charge < -0.3 is 15.2 Å². The third kappa shape index (κ3) is 4.31. The Bertz CT molecular complexity index is 942. The first-order chi connectivity index (χ1) is 13.3. The smallest absolute Gasteiger partial charge is 0.290 e. The van der Waals surface area contributed by atoms with Crippen LogP contribution in [0.3, 0.4) is 0 Å². The Kier molecular flexibility index (Phi) is 5.09. The fourth-order valence-corrected chi connectivity index (χ4v) is 3.41. The Morgan fingerprint density at radius 2 is 2.04 bits per heavy atom. The van der Waals surface area contributed by atoms with Crippen LogP contribution in [0.1, 0.15) is 24.2 Å². The van der Waals surface area contributed by atoms with Crippen LogP contribution >= 0.6 is 0 Å². The van der Waals surface area contributed by atoms with Crippen LogP contribution in [0, 0.1) is 0 Å². The van der Waals surface area contributed by atoms with Gasteiger partial charge in [0.25, 0.3) is 5.56 Å². The SMILES string of the molecule is O=c1[nH]ccnc1N1CCC[C@@H](Nc2ccnc(Cc3ccccc3)n2)C1.